The van der Waals surface area contributed by atoms with E-state index in [1.54, 1.807) is 7.11 Å². The van der Waals surface area contributed by atoms with Gasteiger partial charge >= 0.3 is 0 Å². The summed E-state index contributed by atoms with van der Waals surface area (Å²) >= 11 is 0. The molecule has 0 saturated carbocycles. The second-order valence-electron chi connectivity index (χ2n) is 7.40. The lowest BCUT2D eigenvalue weighted by Crippen LogP contribution is -2.48. The number of methoxy groups -OCH3 is 1. The van der Waals surface area contributed by atoms with Gasteiger partial charge in [0, 0.05) is 57.9 Å². The number of hydrogen-bond acceptors (Lipinski definition) is 5. The van der Waals surface area contributed by atoms with Gasteiger partial charge < -0.3 is 14.4 Å². The number of ether oxygens (including phenoxy) is 2. The molecule has 1 fully saturated rings. The van der Waals surface area contributed by atoms with Gasteiger partial charge in [0.15, 0.2) is 5.78 Å². The van der Waals surface area contributed by atoms with Gasteiger partial charge in [0.25, 0.3) is 0 Å². The Morgan fingerprint density at radius 2 is 1.55 bits per heavy atom. The lowest BCUT2D eigenvalue weighted by Gasteiger charge is -2.36. The number of ketones is 1. The second kappa shape index (κ2) is 14.4. The van der Waals surface area contributed by atoms with Crippen LogP contribution in [-0.2, 0) is 4.74 Å². The molecule has 0 radical (unpaired) electrons. The van der Waals surface area contributed by atoms with Gasteiger partial charge in [0.05, 0.1) is 13.2 Å². The number of rotatable bonds is 10. The normalized spacial score (nSPS) is 15.4. The number of carbonyl (C=O) groups is 1. The molecule has 2 aromatic rings. The first-order chi connectivity index (χ1) is 14.2. The van der Waals surface area contributed by atoms with Crippen LogP contribution in [0.25, 0.3) is 0 Å². The van der Waals surface area contributed by atoms with Crippen LogP contribution in [0.4, 0.5) is 0 Å². The first kappa shape index (κ1) is 27.4. The SMILES string of the molecule is CCOC(CN1CCN(CCC(=O)c2ccc(OC)cc2)CC1)c1ccccc1.Cl.Cl. The van der Waals surface area contributed by atoms with Crippen molar-refractivity contribution in [1.29, 1.82) is 0 Å². The smallest absolute Gasteiger partial charge is 0.164 e. The summed E-state index contributed by atoms with van der Waals surface area (Å²) in [5.41, 5.74) is 1.99. The van der Waals surface area contributed by atoms with E-state index in [1.165, 1.54) is 5.56 Å². The molecule has 1 saturated heterocycles. The lowest BCUT2D eigenvalue weighted by molar-refractivity contribution is 0.0183. The third kappa shape index (κ3) is 8.43. The maximum absolute atomic E-state index is 12.4. The zero-order valence-corrected chi connectivity index (χ0v) is 20.0. The van der Waals surface area contributed by atoms with E-state index in [0.717, 1.165) is 50.6 Å². The minimum atomic E-state index is 0. The molecule has 1 aliphatic heterocycles. The molecule has 172 valence electrons. The highest BCUT2D eigenvalue weighted by molar-refractivity contribution is 5.96. The van der Waals surface area contributed by atoms with Crippen molar-refractivity contribution in [3.8, 4) is 5.75 Å². The van der Waals surface area contributed by atoms with Crippen molar-refractivity contribution in [3.63, 3.8) is 0 Å². The molecule has 1 heterocycles. The molecule has 2 aromatic carbocycles. The molecule has 1 aliphatic rings. The molecule has 0 bridgehead atoms. The Balaban J connectivity index is 0.00000240. The summed E-state index contributed by atoms with van der Waals surface area (Å²) in [5.74, 6) is 0.967. The molecule has 31 heavy (non-hydrogen) atoms. The van der Waals surface area contributed by atoms with Gasteiger partial charge in [-0.15, -0.1) is 24.8 Å². The number of benzene rings is 2. The molecule has 0 aliphatic carbocycles. The fourth-order valence-corrected chi connectivity index (χ4v) is 3.73. The van der Waals surface area contributed by atoms with Gasteiger partial charge in [-0.1, -0.05) is 30.3 Å². The minimum absolute atomic E-state index is 0. The van der Waals surface area contributed by atoms with Crippen molar-refractivity contribution < 1.29 is 14.3 Å². The summed E-state index contributed by atoms with van der Waals surface area (Å²) in [4.78, 5) is 17.3. The van der Waals surface area contributed by atoms with Gasteiger partial charge in [-0.3, -0.25) is 9.69 Å². The van der Waals surface area contributed by atoms with Crippen LogP contribution in [0.3, 0.4) is 0 Å². The molecule has 0 aromatic heterocycles. The zero-order valence-electron chi connectivity index (χ0n) is 18.4. The van der Waals surface area contributed by atoms with Crippen molar-refractivity contribution in [2.24, 2.45) is 0 Å². The molecule has 0 amide bonds. The quantitative estimate of drug-likeness (QED) is 0.479. The van der Waals surface area contributed by atoms with E-state index < -0.39 is 0 Å². The molecule has 5 nitrogen and oxygen atoms in total. The zero-order chi connectivity index (χ0) is 20.5. The molecule has 1 atom stereocenters. The van der Waals surface area contributed by atoms with E-state index >= 15 is 0 Å². The van der Waals surface area contributed by atoms with Crippen molar-refractivity contribution in [2.45, 2.75) is 19.4 Å². The number of hydrogen-bond donors (Lipinski definition) is 0. The largest absolute Gasteiger partial charge is 0.497 e. The summed E-state index contributed by atoms with van der Waals surface area (Å²) in [7, 11) is 1.63. The molecule has 0 N–H and O–H groups in total. The Kier molecular flexibility index (Phi) is 12.8. The Labute approximate surface area is 198 Å². The highest BCUT2D eigenvalue weighted by atomic mass is 35.5. The fraction of sp³-hybridized carbons (Fsp3) is 0.458. The molecular weight excluding hydrogens is 435 g/mol. The predicted molar refractivity (Wildman–Crippen MR) is 130 cm³/mol. The number of piperazine rings is 1. The van der Waals surface area contributed by atoms with E-state index in [9.17, 15) is 4.79 Å². The van der Waals surface area contributed by atoms with Crippen molar-refractivity contribution >= 4 is 30.6 Å². The van der Waals surface area contributed by atoms with Crippen LogP contribution in [0, 0.1) is 0 Å². The average Bonchev–Trinajstić information content (AvgIpc) is 2.78. The molecule has 0 spiro atoms. The van der Waals surface area contributed by atoms with Crippen LogP contribution in [0.2, 0.25) is 0 Å². The monoisotopic (exact) mass is 468 g/mol. The third-order valence-electron chi connectivity index (χ3n) is 5.50. The molecule has 1 unspecified atom stereocenters. The average molecular weight is 469 g/mol. The fourth-order valence-electron chi connectivity index (χ4n) is 3.73. The Bertz CT molecular complexity index is 751. The Morgan fingerprint density at radius 3 is 2.13 bits per heavy atom. The van der Waals surface area contributed by atoms with Gasteiger partial charge in [-0.2, -0.15) is 0 Å². The summed E-state index contributed by atoms with van der Waals surface area (Å²) in [6.45, 7) is 8.48. The molecule has 7 heteroatoms. The number of halogens is 2. The maximum atomic E-state index is 12.4. The highest BCUT2D eigenvalue weighted by Crippen LogP contribution is 2.20. The van der Waals surface area contributed by atoms with Gasteiger partial charge in [0.2, 0.25) is 0 Å². The van der Waals surface area contributed by atoms with Gasteiger partial charge in [-0.25, -0.2) is 0 Å². The predicted octanol–water partition coefficient (Wildman–Crippen LogP) is 4.51. The summed E-state index contributed by atoms with van der Waals surface area (Å²) in [6, 6.07) is 17.8. The van der Waals surface area contributed by atoms with Crippen molar-refractivity contribution in [1.82, 2.24) is 9.80 Å². The van der Waals surface area contributed by atoms with Crippen LogP contribution in [0.1, 0.15) is 35.4 Å². The topological polar surface area (TPSA) is 42.0 Å². The van der Waals surface area contributed by atoms with Gasteiger partial charge in [0.1, 0.15) is 5.75 Å². The summed E-state index contributed by atoms with van der Waals surface area (Å²) in [6.07, 6.45) is 0.669. The van der Waals surface area contributed by atoms with Crippen LogP contribution in [-0.4, -0.2) is 68.6 Å². The van der Waals surface area contributed by atoms with Gasteiger partial charge in [-0.05, 0) is 36.8 Å². The number of nitrogens with zero attached hydrogens (tertiary/aromatic N) is 2. The standard InChI is InChI=1S/C24H32N2O3.2ClH/c1-3-29-24(21-7-5-4-6-8-21)19-26-17-15-25(16-18-26)14-13-23(27)20-9-11-22(28-2)12-10-20;;/h4-12,24H,3,13-19H2,1-2H3;2*1H. The lowest BCUT2D eigenvalue weighted by atomic mass is 10.1. The number of carbonyl (C=O) groups excluding carboxylic acids is 1. The summed E-state index contributed by atoms with van der Waals surface area (Å²) in [5, 5.41) is 0. The van der Waals surface area contributed by atoms with E-state index in [1.807, 2.05) is 37.3 Å². The summed E-state index contributed by atoms with van der Waals surface area (Å²) < 4.78 is 11.1. The Hall–Kier alpha value is -1.63. The first-order valence-corrected chi connectivity index (χ1v) is 10.5. The van der Waals surface area contributed by atoms with Crippen molar-refractivity contribution in [2.75, 3.05) is 53.0 Å². The maximum Gasteiger partial charge on any atom is 0.164 e. The first-order valence-electron chi connectivity index (χ1n) is 10.5. The minimum Gasteiger partial charge on any atom is -0.497 e. The second-order valence-corrected chi connectivity index (χ2v) is 7.40. The highest BCUT2D eigenvalue weighted by Gasteiger charge is 2.21. The van der Waals surface area contributed by atoms with Crippen LogP contribution < -0.4 is 4.74 Å². The van der Waals surface area contributed by atoms with E-state index in [-0.39, 0.29) is 36.7 Å². The Morgan fingerprint density at radius 1 is 0.935 bits per heavy atom. The van der Waals surface area contributed by atoms with Crippen LogP contribution >= 0.6 is 24.8 Å². The van der Waals surface area contributed by atoms with Crippen LogP contribution in [0.15, 0.2) is 54.6 Å². The van der Waals surface area contributed by atoms with Crippen LogP contribution in [0.5, 0.6) is 5.75 Å². The van der Waals surface area contributed by atoms with Crippen molar-refractivity contribution in [3.05, 3.63) is 65.7 Å². The molecule has 3 rings (SSSR count). The molecular formula is C24H34Cl2N2O3. The third-order valence-corrected chi connectivity index (χ3v) is 5.50. The van der Waals surface area contributed by atoms with E-state index in [2.05, 4.69) is 34.1 Å². The van der Waals surface area contributed by atoms with E-state index in [4.69, 9.17) is 9.47 Å². The van der Waals surface area contributed by atoms with E-state index in [0.29, 0.717) is 13.0 Å². The number of Topliss-reactive ketones (excluding diaryl/α,β-unsaturated/α-hetero) is 1.